The minimum Gasteiger partial charge on any atom is -0.462 e. The third-order valence-corrected chi connectivity index (χ3v) is 9.13. The Morgan fingerprint density at radius 1 is 0.491 bits per heavy atom. The predicted octanol–water partition coefficient (Wildman–Crippen LogP) is 10.1. The maximum absolute atomic E-state index is 12.7. The van der Waals surface area contributed by atoms with Crippen molar-refractivity contribution in [2.24, 2.45) is 0 Å². The van der Waals surface area contributed by atoms with Gasteiger partial charge in [-0.15, -0.1) is 0 Å². The quantitative estimate of drug-likeness (QED) is 0.0634. The van der Waals surface area contributed by atoms with Crippen molar-refractivity contribution in [2.75, 3.05) is 13.2 Å². The molecule has 0 aliphatic carbocycles. The molecule has 0 bridgehead atoms. The van der Waals surface area contributed by atoms with Gasteiger partial charge in [-0.25, -0.2) is 9.59 Å². The first kappa shape index (κ1) is 38.5. The molecule has 0 amide bonds. The van der Waals surface area contributed by atoms with Crippen molar-refractivity contribution in [1.29, 1.82) is 0 Å². The number of hydrogen-bond acceptors (Lipinski definition) is 13. The molecular weight excluding hydrogens is 725 g/mol. The molecule has 3 aromatic heterocycles. The minimum absolute atomic E-state index is 0.208. The van der Waals surface area contributed by atoms with Gasteiger partial charge in [0.1, 0.15) is 0 Å². The van der Waals surface area contributed by atoms with Crippen LogP contribution in [0.15, 0.2) is 105 Å². The fourth-order valence-electron chi connectivity index (χ4n) is 5.97. The summed E-state index contributed by atoms with van der Waals surface area (Å²) in [7, 11) is 0. The lowest BCUT2D eigenvalue weighted by molar-refractivity contribution is 0.0490. The molecular formula is C44H42N6O7. The van der Waals surface area contributed by atoms with E-state index in [0.717, 1.165) is 50.5 Å². The summed E-state index contributed by atoms with van der Waals surface area (Å²) >= 11 is 0. The Kier molecular flexibility index (Phi) is 12.3. The SMILES string of the molecule is CCCCOC(=O)c1cccc(-c2nc(-c3cc(-c4noc(-c5cccc(CCCC)c5)n4)cc(-c4noc(-c5cccc(C(=O)OCCCC)c5)n4)c3)no2)c1. The number of unbranched alkanes of at least 4 members (excludes halogenated alkanes) is 3. The van der Waals surface area contributed by atoms with Gasteiger partial charge in [0.05, 0.1) is 24.3 Å². The molecule has 4 aromatic carbocycles. The molecule has 7 aromatic rings. The van der Waals surface area contributed by atoms with Gasteiger partial charge in [0.25, 0.3) is 17.7 Å². The molecule has 0 unspecified atom stereocenters. The van der Waals surface area contributed by atoms with Crippen LogP contribution in [0.3, 0.4) is 0 Å². The average molecular weight is 767 g/mol. The number of aromatic nitrogens is 6. The molecule has 13 nitrogen and oxygen atoms in total. The van der Waals surface area contributed by atoms with E-state index in [2.05, 4.69) is 44.5 Å². The topological polar surface area (TPSA) is 169 Å². The van der Waals surface area contributed by atoms with E-state index in [-0.39, 0.29) is 23.4 Å². The van der Waals surface area contributed by atoms with E-state index in [4.69, 9.17) is 28.0 Å². The van der Waals surface area contributed by atoms with Crippen LogP contribution in [0.4, 0.5) is 0 Å². The molecule has 0 atom stereocenters. The van der Waals surface area contributed by atoms with Gasteiger partial charge in [-0.2, -0.15) is 15.0 Å². The fraction of sp³-hybridized carbons (Fsp3) is 0.273. The fourth-order valence-corrected chi connectivity index (χ4v) is 5.97. The number of nitrogens with zero attached hydrogens (tertiary/aromatic N) is 6. The highest BCUT2D eigenvalue weighted by atomic mass is 16.5. The number of esters is 2. The number of hydrogen-bond donors (Lipinski definition) is 0. The molecule has 0 N–H and O–H groups in total. The molecule has 0 aliphatic rings. The lowest BCUT2D eigenvalue weighted by Gasteiger charge is -2.04. The molecule has 0 saturated carbocycles. The van der Waals surface area contributed by atoms with Gasteiger partial charge >= 0.3 is 11.9 Å². The van der Waals surface area contributed by atoms with E-state index < -0.39 is 11.9 Å². The maximum Gasteiger partial charge on any atom is 0.338 e. The van der Waals surface area contributed by atoms with Gasteiger partial charge in [0.15, 0.2) is 0 Å². The van der Waals surface area contributed by atoms with Crippen LogP contribution >= 0.6 is 0 Å². The van der Waals surface area contributed by atoms with E-state index in [1.165, 1.54) is 5.56 Å². The Bertz CT molecular complexity index is 2340. The van der Waals surface area contributed by atoms with Crippen LogP contribution < -0.4 is 0 Å². The van der Waals surface area contributed by atoms with Gasteiger partial charge in [-0.3, -0.25) is 0 Å². The van der Waals surface area contributed by atoms with E-state index >= 15 is 0 Å². The Hall–Kier alpha value is -6.76. The first-order valence-electron chi connectivity index (χ1n) is 19.2. The average Bonchev–Trinajstić information content (AvgIpc) is 4.06. The van der Waals surface area contributed by atoms with E-state index in [9.17, 15) is 9.59 Å². The summed E-state index contributed by atoms with van der Waals surface area (Å²) in [5.41, 5.74) is 5.54. The van der Waals surface area contributed by atoms with Gasteiger partial charge in [0, 0.05) is 33.4 Å². The highest BCUT2D eigenvalue weighted by Crippen LogP contribution is 2.33. The van der Waals surface area contributed by atoms with Crippen molar-refractivity contribution in [1.82, 2.24) is 30.4 Å². The summed E-state index contributed by atoms with van der Waals surface area (Å²) in [4.78, 5) is 39.5. The van der Waals surface area contributed by atoms with Crippen molar-refractivity contribution in [2.45, 2.75) is 65.7 Å². The van der Waals surface area contributed by atoms with E-state index in [1.54, 1.807) is 54.6 Å². The Morgan fingerprint density at radius 2 is 0.895 bits per heavy atom. The second-order valence-electron chi connectivity index (χ2n) is 13.5. The second kappa shape index (κ2) is 18.2. The molecule has 0 spiro atoms. The Balaban J connectivity index is 1.23. The molecule has 0 aliphatic heterocycles. The lowest BCUT2D eigenvalue weighted by Crippen LogP contribution is -2.06. The van der Waals surface area contributed by atoms with Crippen molar-refractivity contribution in [3.05, 3.63) is 108 Å². The van der Waals surface area contributed by atoms with Crippen LogP contribution in [-0.4, -0.2) is 55.6 Å². The molecule has 0 radical (unpaired) electrons. The first-order chi connectivity index (χ1) is 27.9. The largest absolute Gasteiger partial charge is 0.462 e. The van der Waals surface area contributed by atoms with Crippen molar-refractivity contribution in [3.63, 3.8) is 0 Å². The van der Waals surface area contributed by atoms with Gasteiger partial charge < -0.3 is 23.0 Å². The zero-order valence-electron chi connectivity index (χ0n) is 32.1. The number of carbonyl (C=O) groups is 2. The highest BCUT2D eigenvalue weighted by Gasteiger charge is 2.21. The Labute approximate surface area is 329 Å². The molecule has 3 heterocycles. The van der Waals surface area contributed by atoms with Crippen LogP contribution in [-0.2, 0) is 15.9 Å². The number of rotatable bonds is 17. The normalized spacial score (nSPS) is 11.1. The number of ether oxygens (including phenoxy) is 2. The molecule has 0 saturated heterocycles. The predicted molar refractivity (Wildman–Crippen MR) is 212 cm³/mol. The monoisotopic (exact) mass is 766 g/mol. The van der Waals surface area contributed by atoms with Crippen LogP contribution in [0.2, 0.25) is 0 Å². The van der Waals surface area contributed by atoms with Crippen LogP contribution in [0.25, 0.3) is 68.5 Å². The zero-order valence-corrected chi connectivity index (χ0v) is 32.1. The summed E-state index contributed by atoms with van der Waals surface area (Å²) in [5, 5.41) is 12.9. The molecule has 57 heavy (non-hydrogen) atoms. The zero-order chi connectivity index (χ0) is 39.6. The van der Waals surface area contributed by atoms with Crippen molar-refractivity contribution >= 4 is 11.9 Å². The molecule has 290 valence electrons. The standard InChI is InChI=1S/C44H42N6O7/c1-4-7-13-28-14-10-15-29(22-28)40-45-37(48-55-40)34-25-35(38-46-41(56-49-38)30-16-11-18-32(23-30)43(51)53-20-8-5-2)27-36(26-34)39-47-42(57-50-39)31-17-12-19-33(24-31)44(52)54-21-9-6-3/h10-12,14-19,22-27H,4-9,13,20-21H2,1-3H3. The maximum atomic E-state index is 12.7. The van der Waals surface area contributed by atoms with Gasteiger partial charge in [-0.05, 0) is 98.0 Å². The first-order valence-corrected chi connectivity index (χ1v) is 19.2. The van der Waals surface area contributed by atoms with E-state index in [0.29, 0.717) is 63.9 Å². The van der Waals surface area contributed by atoms with Gasteiger partial charge in [-0.1, -0.05) is 79.8 Å². The number of aryl methyl sites for hydroxylation is 1. The third kappa shape index (κ3) is 9.38. The van der Waals surface area contributed by atoms with Crippen molar-refractivity contribution in [3.8, 4) is 68.5 Å². The van der Waals surface area contributed by atoms with Gasteiger partial charge in [0.2, 0.25) is 17.5 Å². The number of carbonyl (C=O) groups excluding carboxylic acids is 2. The minimum atomic E-state index is -0.423. The number of benzene rings is 4. The van der Waals surface area contributed by atoms with Crippen molar-refractivity contribution < 1.29 is 32.6 Å². The molecule has 7 rings (SSSR count). The summed E-state index contributed by atoms with van der Waals surface area (Å²) in [5.74, 6) is 0.784. The van der Waals surface area contributed by atoms with Crippen LogP contribution in [0.1, 0.15) is 85.6 Å². The summed E-state index contributed by atoms with van der Waals surface area (Å²) in [6, 6.07) is 27.2. The molecule has 13 heteroatoms. The van der Waals surface area contributed by atoms with E-state index in [1.807, 2.05) is 38.1 Å². The lowest BCUT2D eigenvalue weighted by atomic mass is 10.0. The third-order valence-electron chi connectivity index (χ3n) is 9.13. The highest BCUT2D eigenvalue weighted by molar-refractivity contribution is 5.91. The Morgan fingerprint density at radius 3 is 1.32 bits per heavy atom. The van der Waals surface area contributed by atoms with Crippen LogP contribution in [0, 0.1) is 0 Å². The summed E-state index contributed by atoms with van der Waals surface area (Å²) in [6.07, 6.45) is 6.53. The summed E-state index contributed by atoms with van der Waals surface area (Å²) in [6.45, 7) is 6.92. The second-order valence-corrected chi connectivity index (χ2v) is 13.5. The smallest absolute Gasteiger partial charge is 0.338 e. The molecule has 0 fully saturated rings. The summed E-state index contributed by atoms with van der Waals surface area (Å²) < 4.78 is 28.0. The van der Waals surface area contributed by atoms with Crippen LogP contribution in [0.5, 0.6) is 0 Å².